The summed E-state index contributed by atoms with van der Waals surface area (Å²) in [5.41, 5.74) is 6.04. The van der Waals surface area contributed by atoms with E-state index in [9.17, 15) is 0 Å². The summed E-state index contributed by atoms with van der Waals surface area (Å²) in [7, 11) is 0. The monoisotopic (exact) mass is 229 g/mol. The van der Waals surface area contributed by atoms with Crippen LogP contribution in [-0.2, 0) is 4.74 Å². The minimum Gasteiger partial charge on any atom is -0.374 e. The third-order valence-corrected chi connectivity index (χ3v) is 2.91. The standard InChI is InChI=1S/C14H31NO/c1-6-8-9-12(7-2)10-13(15)11-16-14(3,4)5/h12-13H,6-11,15H2,1-5H3. The lowest BCUT2D eigenvalue weighted by Gasteiger charge is -2.24. The molecule has 2 nitrogen and oxygen atoms in total. The Morgan fingerprint density at radius 3 is 2.25 bits per heavy atom. The molecule has 2 N–H and O–H groups in total. The smallest absolute Gasteiger partial charge is 0.0624 e. The van der Waals surface area contributed by atoms with Gasteiger partial charge in [0.25, 0.3) is 0 Å². The Labute approximate surface area is 102 Å². The van der Waals surface area contributed by atoms with Gasteiger partial charge in [0, 0.05) is 6.04 Å². The fourth-order valence-corrected chi connectivity index (χ4v) is 1.83. The molecule has 0 fully saturated rings. The number of hydrogen-bond donors (Lipinski definition) is 1. The SMILES string of the molecule is CCCCC(CC)CC(N)COC(C)(C)C. The molecule has 0 rings (SSSR count). The maximum absolute atomic E-state index is 6.10. The van der Waals surface area contributed by atoms with Crippen LogP contribution in [0.3, 0.4) is 0 Å². The van der Waals surface area contributed by atoms with Gasteiger partial charge in [0.05, 0.1) is 12.2 Å². The highest BCUT2D eigenvalue weighted by atomic mass is 16.5. The average Bonchev–Trinajstić information content (AvgIpc) is 2.20. The molecule has 0 aromatic carbocycles. The van der Waals surface area contributed by atoms with Crippen LogP contribution in [0.5, 0.6) is 0 Å². The molecular weight excluding hydrogens is 198 g/mol. The zero-order valence-corrected chi connectivity index (χ0v) is 11.9. The van der Waals surface area contributed by atoms with Crippen molar-refractivity contribution in [3.05, 3.63) is 0 Å². The molecule has 2 heteroatoms. The highest BCUT2D eigenvalue weighted by Gasteiger charge is 2.15. The maximum atomic E-state index is 6.10. The lowest BCUT2D eigenvalue weighted by molar-refractivity contribution is -0.0126. The summed E-state index contributed by atoms with van der Waals surface area (Å²) in [6.07, 6.45) is 6.27. The molecule has 0 aliphatic carbocycles. The van der Waals surface area contributed by atoms with E-state index in [0.29, 0.717) is 6.61 Å². The summed E-state index contributed by atoms with van der Waals surface area (Å²) in [4.78, 5) is 0. The molecule has 0 radical (unpaired) electrons. The van der Waals surface area contributed by atoms with E-state index in [1.54, 1.807) is 0 Å². The predicted molar refractivity (Wildman–Crippen MR) is 71.6 cm³/mol. The van der Waals surface area contributed by atoms with Crippen molar-refractivity contribution in [2.24, 2.45) is 11.7 Å². The van der Waals surface area contributed by atoms with Crippen LogP contribution in [0.1, 0.15) is 66.7 Å². The Morgan fingerprint density at radius 1 is 1.19 bits per heavy atom. The van der Waals surface area contributed by atoms with Gasteiger partial charge in [-0.2, -0.15) is 0 Å². The van der Waals surface area contributed by atoms with Gasteiger partial charge in [0.1, 0.15) is 0 Å². The quantitative estimate of drug-likeness (QED) is 0.688. The third-order valence-electron chi connectivity index (χ3n) is 2.91. The normalized spacial score (nSPS) is 16.1. The summed E-state index contributed by atoms with van der Waals surface area (Å²) in [5.74, 6) is 0.776. The van der Waals surface area contributed by atoms with Crippen molar-refractivity contribution < 1.29 is 4.74 Å². The average molecular weight is 229 g/mol. The first-order valence-corrected chi connectivity index (χ1v) is 6.78. The number of ether oxygens (including phenoxy) is 1. The van der Waals surface area contributed by atoms with E-state index in [0.717, 1.165) is 12.3 Å². The summed E-state index contributed by atoms with van der Waals surface area (Å²) in [5, 5.41) is 0. The zero-order chi connectivity index (χ0) is 12.6. The van der Waals surface area contributed by atoms with E-state index in [1.165, 1.54) is 25.7 Å². The summed E-state index contributed by atoms with van der Waals surface area (Å²) < 4.78 is 5.72. The molecule has 0 aliphatic heterocycles. The zero-order valence-electron chi connectivity index (χ0n) is 11.9. The van der Waals surface area contributed by atoms with Gasteiger partial charge < -0.3 is 10.5 Å². The molecular formula is C14H31NO. The fraction of sp³-hybridized carbons (Fsp3) is 1.00. The Morgan fingerprint density at radius 2 is 1.81 bits per heavy atom. The van der Waals surface area contributed by atoms with Crippen LogP contribution in [-0.4, -0.2) is 18.2 Å². The molecule has 0 saturated carbocycles. The van der Waals surface area contributed by atoms with Crippen molar-refractivity contribution in [1.82, 2.24) is 0 Å². The van der Waals surface area contributed by atoms with E-state index in [-0.39, 0.29) is 11.6 Å². The second-order valence-corrected chi connectivity index (χ2v) is 5.84. The van der Waals surface area contributed by atoms with Crippen molar-refractivity contribution in [2.45, 2.75) is 78.4 Å². The summed E-state index contributed by atoms with van der Waals surface area (Å²) >= 11 is 0. The van der Waals surface area contributed by atoms with Crippen LogP contribution < -0.4 is 5.73 Å². The van der Waals surface area contributed by atoms with Crippen LogP contribution in [0.25, 0.3) is 0 Å². The van der Waals surface area contributed by atoms with Gasteiger partial charge in [0.2, 0.25) is 0 Å². The fourth-order valence-electron chi connectivity index (χ4n) is 1.83. The van der Waals surface area contributed by atoms with Gasteiger partial charge in [-0.3, -0.25) is 0 Å². The van der Waals surface area contributed by atoms with E-state index in [2.05, 4.69) is 34.6 Å². The summed E-state index contributed by atoms with van der Waals surface area (Å²) in [6.45, 7) is 11.4. The minimum atomic E-state index is -0.0667. The molecule has 0 saturated heterocycles. The Balaban J connectivity index is 3.77. The van der Waals surface area contributed by atoms with Crippen LogP contribution in [0.4, 0.5) is 0 Å². The van der Waals surface area contributed by atoms with Gasteiger partial charge in [0.15, 0.2) is 0 Å². The van der Waals surface area contributed by atoms with Crippen molar-refractivity contribution in [2.75, 3.05) is 6.61 Å². The molecule has 0 heterocycles. The first-order valence-electron chi connectivity index (χ1n) is 6.78. The van der Waals surface area contributed by atoms with Gasteiger partial charge in [-0.25, -0.2) is 0 Å². The topological polar surface area (TPSA) is 35.2 Å². The third kappa shape index (κ3) is 9.17. The van der Waals surface area contributed by atoms with Crippen LogP contribution in [0, 0.1) is 5.92 Å². The second-order valence-electron chi connectivity index (χ2n) is 5.84. The molecule has 2 atom stereocenters. The summed E-state index contributed by atoms with van der Waals surface area (Å²) in [6, 6.07) is 0.195. The highest BCUT2D eigenvalue weighted by molar-refractivity contribution is 4.69. The Kier molecular flexibility index (Phi) is 8.04. The van der Waals surface area contributed by atoms with Crippen LogP contribution in [0.15, 0.2) is 0 Å². The lowest BCUT2D eigenvalue weighted by Crippen LogP contribution is -2.33. The number of hydrogen-bond acceptors (Lipinski definition) is 2. The number of rotatable bonds is 8. The molecule has 98 valence electrons. The molecule has 0 bridgehead atoms. The predicted octanol–water partition coefficient (Wildman–Crippen LogP) is 3.74. The Bertz CT molecular complexity index is 163. The second kappa shape index (κ2) is 8.08. The number of unbranched alkanes of at least 4 members (excludes halogenated alkanes) is 1. The Hall–Kier alpha value is -0.0800. The van der Waals surface area contributed by atoms with Gasteiger partial charge in [-0.1, -0.05) is 39.5 Å². The van der Waals surface area contributed by atoms with Crippen LogP contribution in [0.2, 0.25) is 0 Å². The number of nitrogens with two attached hydrogens (primary N) is 1. The lowest BCUT2D eigenvalue weighted by atomic mass is 9.92. The van der Waals surface area contributed by atoms with Crippen molar-refractivity contribution in [1.29, 1.82) is 0 Å². The highest BCUT2D eigenvalue weighted by Crippen LogP contribution is 2.18. The van der Waals surface area contributed by atoms with E-state index < -0.39 is 0 Å². The van der Waals surface area contributed by atoms with Crippen molar-refractivity contribution in [3.63, 3.8) is 0 Å². The molecule has 0 aromatic rings. The van der Waals surface area contributed by atoms with Crippen molar-refractivity contribution >= 4 is 0 Å². The molecule has 0 aromatic heterocycles. The molecule has 0 aliphatic rings. The van der Waals surface area contributed by atoms with E-state index in [1.807, 2.05) is 0 Å². The van der Waals surface area contributed by atoms with Gasteiger partial charge >= 0.3 is 0 Å². The maximum Gasteiger partial charge on any atom is 0.0624 e. The first kappa shape index (κ1) is 15.9. The molecule has 16 heavy (non-hydrogen) atoms. The molecule has 0 spiro atoms. The minimum absolute atomic E-state index is 0.0667. The largest absolute Gasteiger partial charge is 0.374 e. The molecule has 0 amide bonds. The first-order chi connectivity index (χ1) is 7.39. The van der Waals surface area contributed by atoms with E-state index >= 15 is 0 Å². The molecule has 2 unspecified atom stereocenters. The van der Waals surface area contributed by atoms with E-state index in [4.69, 9.17) is 10.5 Å². The van der Waals surface area contributed by atoms with Crippen molar-refractivity contribution in [3.8, 4) is 0 Å². The van der Waals surface area contributed by atoms with Gasteiger partial charge in [-0.15, -0.1) is 0 Å². The van der Waals surface area contributed by atoms with Gasteiger partial charge in [-0.05, 0) is 33.1 Å². The van der Waals surface area contributed by atoms with Crippen LogP contribution >= 0.6 is 0 Å².